The second-order valence-corrected chi connectivity index (χ2v) is 4.52. The minimum Gasteiger partial charge on any atom is -0.463 e. The Morgan fingerprint density at radius 1 is 1.00 bits per heavy atom. The molecule has 2 heterocycles. The van der Waals surface area contributed by atoms with Crippen molar-refractivity contribution in [2.75, 3.05) is 6.61 Å². The van der Waals surface area contributed by atoms with E-state index in [2.05, 4.69) is 15.0 Å². The summed E-state index contributed by atoms with van der Waals surface area (Å²) in [5, 5.41) is 1.02. The van der Waals surface area contributed by atoms with Gasteiger partial charge >= 0.3 is 6.01 Å². The van der Waals surface area contributed by atoms with Crippen molar-refractivity contribution in [3.63, 3.8) is 0 Å². The third kappa shape index (κ3) is 3.09. The number of rotatable bonds is 5. The molecule has 0 radical (unpaired) electrons. The van der Waals surface area contributed by atoms with Crippen LogP contribution in [0, 0.1) is 0 Å². The molecule has 0 aliphatic rings. The maximum atomic E-state index is 5.60. The zero-order valence-electron chi connectivity index (χ0n) is 11.1. The van der Waals surface area contributed by atoms with E-state index in [1.165, 1.54) is 5.56 Å². The van der Waals surface area contributed by atoms with Crippen LogP contribution in [0.3, 0.4) is 0 Å². The lowest BCUT2D eigenvalue weighted by molar-refractivity contribution is 0.288. The minimum absolute atomic E-state index is 0.443. The topological polar surface area (TPSA) is 47.9 Å². The Morgan fingerprint density at radius 3 is 2.75 bits per heavy atom. The maximum absolute atomic E-state index is 5.60. The van der Waals surface area contributed by atoms with Gasteiger partial charge in [0, 0.05) is 24.0 Å². The number of para-hydroxylation sites is 1. The molecule has 0 fully saturated rings. The van der Waals surface area contributed by atoms with Gasteiger partial charge in [0.15, 0.2) is 0 Å². The molecule has 4 heteroatoms. The number of benzene rings is 1. The zero-order valence-corrected chi connectivity index (χ0v) is 11.1. The number of hydrogen-bond donors (Lipinski definition) is 0. The molecule has 0 aliphatic heterocycles. The Morgan fingerprint density at radius 2 is 1.85 bits per heavy atom. The van der Waals surface area contributed by atoms with Crippen LogP contribution >= 0.6 is 0 Å². The summed E-state index contributed by atoms with van der Waals surface area (Å²) in [5.41, 5.74) is 2.18. The van der Waals surface area contributed by atoms with Gasteiger partial charge in [0.05, 0.1) is 12.1 Å². The SMILES string of the molecule is c1ccc2nc(OCCCc3ccncc3)ncc2c1. The van der Waals surface area contributed by atoms with Gasteiger partial charge < -0.3 is 4.74 Å². The molecular formula is C16H15N3O. The summed E-state index contributed by atoms with van der Waals surface area (Å²) in [6, 6.07) is 12.4. The minimum atomic E-state index is 0.443. The lowest BCUT2D eigenvalue weighted by Gasteiger charge is -2.05. The summed E-state index contributed by atoms with van der Waals surface area (Å²) >= 11 is 0. The molecule has 0 unspecified atom stereocenters. The van der Waals surface area contributed by atoms with E-state index in [1.807, 2.05) is 48.8 Å². The molecule has 0 saturated carbocycles. The van der Waals surface area contributed by atoms with Gasteiger partial charge in [-0.05, 0) is 36.6 Å². The van der Waals surface area contributed by atoms with E-state index in [1.54, 1.807) is 6.20 Å². The van der Waals surface area contributed by atoms with Gasteiger partial charge in [-0.15, -0.1) is 0 Å². The fourth-order valence-electron chi connectivity index (χ4n) is 2.01. The first-order valence-corrected chi connectivity index (χ1v) is 6.65. The lowest BCUT2D eigenvalue weighted by atomic mass is 10.1. The quantitative estimate of drug-likeness (QED) is 0.665. The van der Waals surface area contributed by atoms with Crippen LogP contribution in [0.25, 0.3) is 10.9 Å². The van der Waals surface area contributed by atoms with Crippen molar-refractivity contribution in [1.82, 2.24) is 15.0 Å². The molecule has 0 bridgehead atoms. The fourth-order valence-corrected chi connectivity index (χ4v) is 2.01. The summed E-state index contributed by atoms with van der Waals surface area (Å²) in [4.78, 5) is 12.6. The molecule has 2 aromatic heterocycles. The van der Waals surface area contributed by atoms with E-state index in [0.717, 1.165) is 23.7 Å². The molecule has 0 spiro atoms. The van der Waals surface area contributed by atoms with Crippen molar-refractivity contribution < 1.29 is 4.74 Å². The number of ether oxygens (including phenoxy) is 1. The van der Waals surface area contributed by atoms with Crippen LogP contribution in [0.15, 0.2) is 55.0 Å². The first kappa shape index (κ1) is 12.5. The van der Waals surface area contributed by atoms with Crippen molar-refractivity contribution >= 4 is 10.9 Å². The third-order valence-electron chi connectivity index (χ3n) is 3.06. The number of nitrogens with zero attached hydrogens (tertiary/aromatic N) is 3. The molecule has 3 rings (SSSR count). The summed E-state index contributed by atoms with van der Waals surface area (Å²) in [6.07, 6.45) is 7.31. The molecule has 4 nitrogen and oxygen atoms in total. The fraction of sp³-hybridized carbons (Fsp3) is 0.188. The van der Waals surface area contributed by atoms with Gasteiger partial charge in [-0.25, -0.2) is 4.98 Å². The molecule has 100 valence electrons. The Bertz CT molecular complexity index is 685. The van der Waals surface area contributed by atoms with Crippen LogP contribution in [0.4, 0.5) is 0 Å². The molecule has 20 heavy (non-hydrogen) atoms. The van der Waals surface area contributed by atoms with Gasteiger partial charge in [0.2, 0.25) is 0 Å². The number of fused-ring (bicyclic) bond motifs is 1. The van der Waals surface area contributed by atoms with Crippen molar-refractivity contribution in [3.05, 3.63) is 60.6 Å². The molecular weight excluding hydrogens is 250 g/mol. The highest BCUT2D eigenvalue weighted by molar-refractivity contribution is 5.77. The molecule has 0 atom stereocenters. The Labute approximate surface area is 117 Å². The molecule has 0 saturated heterocycles. The number of pyridine rings is 1. The molecule has 1 aromatic carbocycles. The zero-order chi connectivity index (χ0) is 13.6. The average Bonchev–Trinajstić information content (AvgIpc) is 2.52. The molecule has 3 aromatic rings. The van der Waals surface area contributed by atoms with Gasteiger partial charge in [0.1, 0.15) is 0 Å². The monoisotopic (exact) mass is 265 g/mol. The normalized spacial score (nSPS) is 10.6. The number of aryl methyl sites for hydroxylation is 1. The first-order chi connectivity index (χ1) is 9.92. The van der Waals surface area contributed by atoms with Gasteiger partial charge in [-0.2, -0.15) is 4.98 Å². The standard InChI is InChI=1S/C16H15N3O/c1-2-6-15-14(5-1)12-18-16(19-15)20-11-3-4-13-7-9-17-10-8-13/h1-2,5-10,12H,3-4,11H2. The van der Waals surface area contributed by atoms with Crippen LogP contribution in [0.2, 0.25) is 0 Å². The van der Waals surface area contributed by atoms with Crippen molar-refractivity contribution in [3.8, 4) is 6.01 Å². The van der Waals surface area contributed by atoms with Crippen LogP contribution in [-0.4, -0.2) is 21.6 Å². The van der Waals surface area contributed by atoms with Crippen molar-refractivity contribution in [2.24, 2.45) is 0 Å². The van der Waals surface area contributed by atoms with Crippen molar-refractivity contribution in [2.45, 2.75) is 12.8 Å². The lowest BCUT2D eigenvalue weighted by Crippen LogP contribution is -2.02. The highest BCUT2D eigenvalue weighted by Gasteiger charge is 2.00. The van der Waals surface area contributed by atoms with Crippen LogP contribution in [0.5, 0.6) is 6.01 Å². The summed E-state index contributed by atoms with van der Waals surface area (Å²) in [5.74, 6) is 0. The van der Waals surface area contributed by atoms with E-state index in [4.69, 9.17) is 4.74 Å². The predicted molar refractivity (Wildman–Crippen MR) is 77.6 cm³/mol. The second-order valence-electron chi connectivity index (χ2n) is 4.52. The Hall–Kier alpha value is -2.49. The van der Waals surface area contributed by atoms with E-state index in [-0.39, 0.29) is 0 Å². The van der Waals surface area contributed by atoms with E-state index >= 15 is 0 Å². The third-order valence-corrected chi connectivity index (χ3v) is 3.06. The van der Waals surface area contributed by atoms with Crippen molar-refractivity contribution in [1.29, 1.82) is 0 Å². The smallest absolute Gasteiger partial charge is 0.316 e. The van der Waals surface area contributed by atoms with E-state index in [9.17, 15) is 0 Å². The Balaban J connectivity index is 1.55. The van der Waals surface area contributed by atoms with Crippen LogP contribution in [0.1, 0.15) is 12.0 Å². The highest BCUT2D eigenvalue weighted by Crippen LogP contribution is 2.13. The summed E-state index contributed by atoms with van der Waals surface area (Å²) in [7, 11) is 0. The molecule has 0 amide bonds. The van der Waals surface area contributed by atoms with E-state index in [0.29, 0.717) is 12.6 Å². The Kier molecular flexibility index (Phi) is 3.83. The number of hydrogen-bond acceptors (Lipinski definition) is 4. The first-order valence-electron chi connectivity index (χ1n) is 6.65. The van der Waals surface area contributed by atoms with Gasteiger partial charge in [-0.1, -0.05) is 18.2 Å². The van der Waals surface area contributed by atoms with Crippen LogP contribution in [-0.2, 0) is 6.42 Å². The average molecular weight is 265 g/mol. The molecule has 0 N–H and O–H groups in total. The largest absolute Gasteiger partial charge is 0.463 e. The molecule has 0 aliphatic carbocycles. The second kappa shape index (κ2) is 6.10. The summed E-state index contributed by atoms with van der Waals surface area (Å²) in [6.45, 7) is 0.612. The predicted octanol–water partition coefficient (Wildman–Crippen LogP) is 3.04. The maximum Gasteiger partial charge on any atom is 0.316 e. The number of aromatic nitrogens is 3. The van der Waals surface area contributed by atoms with Gasteiger partial charge in [-0.3, -0.25) is 4.98 Å². The van der Waals surface area contributed by atoms with Crippen LogP contribution < -0.4 is 4.74 Å². The van der Waals surface area contributed by atoms with E-state index < -0.39 is 0 Å². The van der Waals surface area contributed by atoms with Gasteiger partial charge in [0.25, 0.3) is 0 Å². The summed E-state index contributed by atoms with van der Waals surface area (Å²) < 4.78 is 5.60. The highest BCUT2D eigenvalue weighted by atomic mass is 16.5.